The number of piperazine rings is 1. The van der Waals surface area contributed by atoms with Crippen LogP contribution >= 0.6 is 0 Å². The van der Waals surface area contributed by atoms with Crippen molar-refractivity contribution >= 4 is 0 Å². The molecule has 0 bridgehead atoms. The van der Waals surface area contributed by atoms with Crippen molar-refractivity contribution in [3.05, 3.63) is 35.4 Å². The van der Waals surface area contributed by atoms with Crippen LogP contribution in [0.5, 0.6) is 0 Å². The Morgan fingerprint density at radius 1 is 1.16 bits per heavy atom. The van der Waals surface area contributed by atoms with Crippen molar-refractivity contribution in [2.24, 2.45) is 5.73 Å². The first-order chi connectivity index (χ1) is 9.20. The maximum atomic E-state index is 10.3. The van der Waals surface area contributed by atoms with Gasteiger partial charge in [0.05, 0.1) is 6.10 Å². The van der Waals surface area contributed by atoms with Crippen LogP contribution < -0.4 is 5.73 Å². The molecule has 1 saturated heterocycles. The number of benzene rings is 1. The standard InChI is InChI=1S/C15H25N3O/c1-13-4-2-3-5-14(13)15(19)12-18-10-8-17(7-6-16)9-11-18/h2-5,15,19H,6-12,16H2,1H3. The van der Waals surface area contributed by atoms with Gasteiger partial charge in [-0.3, -0.25) is 9.80 Å². The highest BCUT2D eigenvalue weighted by molar-refractivity contribution is 5.27. The average molecular weight is 263 g/mol. The van der Waals surface area contributed by atoms with Gasteiger partial charge in [0.25, 0.3) is 0 Å². The molecule has 4 nitrogen and oxygen atoms in total. The lowest BCUT2D eigenvalue weighted by molar-refractivity contribution is 0.0733. The number of aryl methyl sites for hydroxylation is 1. The van der Waals surface area contributed by atoms with E-state index in [0.29, 0.717) is 0 Å². The van der Waals surface area contributed by atoms with Crippen LogP contribution in [0.25, 0.3) is 0 Å². The van der Waals surface area contributed by atoms with Crippen molar-refractivity contribution < 1.29 is 5.11 Å². The van der Waals surface area contributed by atoms with E-state index in [9.17, 15) is 5.11 Å². The number of nitrogens with zero attached hydrogens (tertiary/aromatic N) is 2. The van der Waals surface area contributed by atoms with Crippen molar-refractivity contribution in [1.82, 2.24) is 9.80 Å². The zero-order valence-corrected chi connectivity index (χ0v) is 11.8. The molecule has 1 aromatic carbocycles. The number of β-amino-alcohol motifs (C(OH)–C–C–N with tert-alkyl or cyclic N) is 1. The number of aliphatic hydroxyl groups is 1. The predicted molar refractivity (Wildman–Crippen MR) is 78.1 cm³/mol. The van der Waals surface area contributed by atoms with Crippen LogP contribution in [0.15, 0.2) is 24.3 Å². The van der Waals surface area contributed by atoms with Crippen LogP contribution in [0.2, 0.25) is 0 Å². The summed E-state index contributed by atoms with van der Waals surface area (Å²) < 4.78 is 0. The molecule has 19 heavy (non-hydrogen) atoms. The van der Waals surface area contributed by atoms with Gasteiger partial charge in [0.2, 0.25) is 0 Å². The summed E-state index contributed by atoms with van der Waals surface area (Å²) in [4.78, 5) is 4.72. The fraction of sp³-hybridized carbons (Fsp3) is 0.600. The first kappa shape index (κ1) is 14.5. The molecule has 1 aliphatic heterocycles. The Kier molecular flexibility index (Phi) is 5.34. The first-order valence-corrected chi connectivity index (χ1v) is 7.09. The molecule has 1 unspecified atom stereocenters. The molecule has 1 aromatic rings. The Hall–Kier alpha value is -0.940. The monoisotopic (exact) mass is 263 g/mol. The molecule has 1 atom stereocenters. The first-order valence-electron chi connectivity index (χ1n) is 7.09. The van der Waals surface area contributed by atoms with Crippen LogP contribution in [0.3, 0.4) is 0 Å². The van der Waals surface area contributed by atoms with Gasteiger partial charge in [-0.2, -0.15) is 0 Å². The highest BCUT2D eigenvalue weighted by atomic mass is 16.3. The Balaban J connectivity index is 1.84. The smallest absolute Gasteiger partial charge is 0.0919 e. The number of aliphatic hydroxyl groups excluding tert-OH is 1. The van der Waals surface area contributed by atoms with Crippen LogP contribution in [0.1, 0.15) is 17.2 Å². The summed E-state index contributed by atoms with van der Waals surface area (Å²) in [5, 5.41) is 10.3. The van der Waals surface area contributed by atoms with E-state index in [1.54, 1.807) is 0 Å². The lowest BCUT2D eigenvalue weighted by Crippen LogP contribution is -2.48. The summed E-state index contributed by atoms with van der Waals surface area (Å²) in [5.74, 6) is 0. The normalized spacial score (nSPS) is 19.5. The van der Waals surface area contributed by atoms with Crippen LogP contribution in [-0.4, -0.2) is 60.7 Å². The zero-order chi connectivity index (χ0) is 13.7. The minimum atomic E-state index is -0.387. The molecular formula is C15H25N3O. The fourth-order valence-corrected chi connectivity index (χ4v) is 2.68. The van der Waals surface area contributed by atoms with Gasteiger partial charge in [0, 0.05) is 45.8 Å². The van der Waals surface area contributed by atoms with E-state index in [4.69, 9.17) is 5.73 Å². The second-order valence-electron chi connectivity index (χ2n) is 5.30. The molecule has 2 rings (SSSR count). The summed E-state index contributed by atoms with van der Waals surface area (Å²) in [7, 11) is 0. The molecule has 0 radical (unpaired) electrons. The average Bonchev–Trinajstić information content (AvgIpc) is 2.42. The Morgan fingerprint density at radius 2 is 1.79 bits per heavy atom. The van der Waals surface area contributed by atoms with E-state index < -0.39 is 0 Å². The molecule has 0 amide bonds. The predicted octanol–water partition coefficient (Wildman–Crippen LogP) is 0.605. The summed E-state index contributed by atoms with van der Waals surface area (Å²) in [5.41, 5.74) is 7.78. The van der Waals surface area contributed by atoms with E-state index in [-0.39, 0.29) is 6.10 Å². The molecule has 0 aliphatic carbocycles. The van der Waals surface area contributed by atoms with Crippen molar-refractivity contribution in [3.8, 4) is 0 Å². The third-order valence-electron chi connectivity index (χ3n) is 3.89. The van der Waals surface area contributed by atoms with E-state index in [0.717, 1.165) is 56.9 Å². The lowest BCUT2D eigenvalue weighted by atomic mass is 10.0. The minimum absolute atomic E-state index is 0.387. The molecule has 0 spiro atoms. The maximum absolute atomic E-state index is 10.3. The van der Waals surface area contributed by atoms with Crippen LogP contribution in [0.4, 0.5) is 0 Å². The van der Waals surface area contributed by atoms with Gasteiger partial charge >= 0.3 is 0 Å². The SMILES string of the molecule is Cc1ccccc1C(O)CN1CCN(CCN)CC1. The largest absolute Gasteiger partial charge is 0.387 e. The van der Waals surface area contributed by atoms with E-state index in [2.05, 4.69) is 22.8 Å². The number of hydrogen-bond acceptors (Lipinski definition) is 4. The second-order valence-corrected chi connectivity index (χ2v) is 5.30. The topological polar surface area (TPSA) is 52.7 Å². The highest BCUT2D eigenvalue weighted by Crippen LogP contribution is 2.18. The van der Waals surface area contributed by atoms with Gasteiger partial charge in [0.15, 0.2) is 0 Å². The van der Waals surface area contributed by atoms with Crippen molar-refractivity contribution in [2.75, 3.05) is 45.8 Å². The molecule has 1 heterocycles. The number of hydrogen-bond donors (Lipinski definition) is 2. The summed E-state index contributed by atoms with van der Waals surface area (Å²) in [6.45, 7) is 8.63. The third-order valence-corrected chi connectivity index (χ3v) is 3.89. The number of rotatable bonds is 5. The molecule has 0 aromatic heterocycles. The Labute approximate surface area is 115 Å². The second kappa shape index (κ2) is 7.01. The Bertz CT molecular complexity index is 389. The van der Waals surface area contributed by atoms with E-state index in [1.807, 2.05) is 18.2 Å². The zero-order valence-electron chi connectivity index (χ0n) is 11.8. The quantitative estimate of drug-likeness (QED) is 0.817. The van der Waals surface area contributed by atoms with Crippen molar-refractivity contribution in [1.29, 1.82) is 0 Å². The highest BCUT2D eigenvalue weighted by Gasteiger charge is 2.19. The summed E-state index contributed by atoms with van der Waals surface area (Å²) in [6.07, 6.45) is -0.387. The molecule has 3 N–H and O–H groups in total. The maximum Gasteiger partial charge on any atom is 0.0919 e. The third kappa shape index (κ3) is 4.01. The summed E-state index contributed by atoms with van der Waals surface area (Å²) in [6, 6.07) is 8.07. The van der Waals surface area contributed by atoms with E-state index >= 15 is 0 Å². The fourth-order valence-electron chi connectivity index (χ4n) is 2.68. The molecule has 106 valence electrons. The molecule has 4 heteroatoms. The Morgan fingerprint density at radius 3 is 2.42 bits per heavy atom. The summed E-state index contributed by atoms with van der Waals surface area (Å²) >= 11 is 0. The molecule has 1 aliphatic rings. The van der Waals surface area contributed by atoms with Crippen LogP contribution in [0, 0.1) is 6.92 Å². The van der Waals surface area contributed by atoms with Gasteiger partial charge in [-0.1, -0.05) is 24.3 Å². The number of nitrogens with two attached hydrogens (primary N) is 1. The minimum Gasteiger partial charge on any atom is -0.387 e. The van der Waals surface area contributed by atoms with Gasteiger partial charge in [-0.25, -0.2) is 0 Å². The van der Waals surface area contributed by atoms with E-state index in [1.165, 1.54) is 0 Å². The van der Waals surface area contributed by atoms with Gasteiger partial charge in [-0.05, 0) is 18.1 Å². The van der Waals surface area contributed by atoms with Crippen LogP contribution in [-0.2, 0) is 0 Å². The van der Waals surface area contributed by atoms with Crippen molar-refractivity contribution in [2.45, 2.75) is 13.0 Å². The van der Waals surface area contributed by atoms with Gasteiger partial charge in [-0.15, -0.1) is 0 Å². The van der Waals surface area contributed by atoms with Gasteiger partial charge < -0.3 is 10.8 Å². The van der Waals surface area contributed by atoms with Crippen molar-refractivity contribution in [3.63, 3.8) is 0 Å². The molecule has 1 fully saturated rings. The molecule has 0 saturated carbocycles. The molecular weight excluding hydrogens is 238 g/mol. The van der Waals surface area contributed by atoms with Gasteiger partial charge in [0.1, 0.15) is 0 Å². The lowest BCUT2D eigenvalue weighted by Gasteiger charge is -2.35.